The van der Waals surface area contributed by atoms with Crippen LogP contribution >= 0.6 is 11.6 Å². The van der Waals surface area contributed by atoms with Gasteiger partial charge in [-0.05, 0) is 24.6 Å². The van der Waals surface area contributed by atoms with Crippen molar-refractivity contribution in [3.63, 3.8) is 0 Å². The van der Waals surface area contributed by atoms with Crippen LogP contribution < -0.4 is 5.73 Å². The Bertz CT molecular complexity index is 317. The molecule has 72 valence electrons. The van der Waals surface area contributed by atoms with E-state index in [0.717, 1.165) is 0 Å². The summed E-state index contributed by atoms with van der Waals surface area (Å²) in [6.07, 6.45) is -0.987. The fourth-order valence-electron chi connectivity index (χ4n) is 1.20. The Balaban J connectivity index is 3.25. The molecule has 0 saturated heterocycles. The maximum Gasteiger partial charge on any atom is 0.129 e. The number of halogens is 2. The van der Waals surface area contributed by atoms with Gasteiger partial charge in [-0.15, -0.1) is 0 Å². The average Bonchev–Trinajstić information content (AvgIpc) is 2.12. The van der Waals surface area contributed by atoms with Crippen LogP contribution in [0, 0.1) is 12.7 Å². The fraction of sp³-hybridized carbons (Fsp3) is 0.333. The molecule has 0 aromatic heterocycles. The van der Waals surface area contributed by atoms with Gasteiger partial charge in [0.1, 0.15) is 5.82 Å². The van der Waals surface area contributed by atoms with Crippen LogP contribution in [0.3, 0.4) is 0 Å². The lowest BCUT2D eigenvalue weighted by atomic mass is 10.0. The van der Waals surface area contributed by atoms with Crippen molar-refractivity contribution < 1.29 is 9.50 Å². The van der Waals surface area contributed by atoms with Crippen LogP contribution in [0.15, 0.2) is 12.1 Å². The molecule has 1 aromatic rings. The smallest absolute Gasteiger partial charge is 0.129 e. The first-order valence-electron chi connectivity index (χ1n) is 3.90. The highest BCUT2D eigenvalue weighted by atomic mass is 35.5. The molecule has 0 aliphatic carbocycles. The minimum atomic E-state index is -0.987. The van der Waals surface area contributed by atoms with E-state index in [0.29, 0.717) is 10.6 Å². The van der Waals surface area contributed by atoms with Crippen molar-refractivity contribution in [1.29, 1.82) is 0 Å². The molecule has 0 saturated carbocycles. The SMILES string of the molecule is Cc1c(Cl)ccc(F)c1C(O)CN. The lowest BCUT2D eigenvalue weighted by molar-refractivity contribution is 0.181. The summed E-state index contributed by atoms with van der Waals surface area (Å²) in [5, 5.41) is 9.83. The van der Waals surface area contributed by atoms with Gasteiger partial charge in [-0.3, -0.25) is 0 Å². The van der Waals surface area contributed by atoms with Crippen LogP contribution in [0.2, 0.25) is 5.02 Å². The second-order valence-electron chi connectivity index (χ2n) is 2.82. The summed E-state index contributed by atoms with van der Waals surface area (Å²) in [7, 11) is 0. The van der Waals surface area contributed by atoms with Crippen LogP contribution in [0.1, 0.15) is 17.2 Å². The van der Waals surface area contributed by atoms with Gasteiger partial charge in [0.2, 0.25) is 0 Å². The Kier molecular flexibility index (Phi) is 3.25. The zero-order valence-corrected chi connectivity index (χ0v) is 7.98. The Labute approximate surface area is 81.1 Å². The van der Waals surface area contributed by atoms with Gasteiger partial charge >= 0.3 is 0 Å². The highest BCUT2D eigenvalue weighted by molar-refractivity contribution is 6.31. The second kappa shape index (κ2) is 4.05. The Morgan fingerprint density at radius 3 is 2.77 bits per heavy atom. The van der Waals surface area contributed by atoms with Gasteiger partial charge in [0.05, 0.1) is 6.10 Å². The molecule has 0 aliphatic rings. The number of rotatable bonds is 2. The van der Waals surface area contributed by atoms with E-state index in [4.69, 9.17) is 17.3 Å². The number of benzene rings is 1. The van der Waals surface area contributed by atoms with Gasteiger partial charge in [0.15, 0.2) is 0 Å². The molecule has 3 N–H and O–H groups in total. The number of aliphatic hydroxyl groups excluding tert-OH is 1. The van der Waals surface area contributed by atoms with Crippen molar-refractivity contribution >= 4 is 11.6 Å². The van der Waals surface area contributed by atoms with Crippen LogP contribution in [0.5, 0.6) is 0 Å². The quantitative estimate of drug-likeness (QED) is 0.770. The van der Waals surface area contributed by atoms with Crippen LogP contribution in [0.4, 0.5) is 4.39 Å². The monoisotopic (exact) mass is 203 g/mol. The molecule has 0 radical (unpaired) electrons. The highest BCUT2D eigenvalue weighted by Gasteiger charge is 2.15. The van der Waals surface area contributed by atoms with Crippen molar-refractivity contribution in [2.75, 3.05) is 6.54 Å². The molecule has 1 atom stereocenters. The van der Waals surface area contributed by atoms with E-state index in [1.807, 2.05) is 0 Å². The molecule has 1 aromatic carbocycles. The van der Waals surface area contributed by atoms with Crippen molar-refractivity contribution in [1.82, 2.24) is 0 Å². The van der Waals surface area contributed by atoms with Crippen LogP contribution in [0.25, 0.3) is 0 Å². The predicted octanol–water partition coefficient (Wildman–Crippen LogP) is 1.78. The maximum absolute atomic E-state index is 13.2. The molecule has 0 heterocycles. The van der Waals surface area contributed by atoms with Gasteiger partial charge in [-0.1, -0.05) is 11.6 Å². The summed E-state index contributed by atoms with van der Waals surface area (Å²) in [6, 6.07) is 2.68. The number of aliphatic hydroxyl groups is 1. The first-order chi connectivity index (χ1) is 6.07. The number of hydrogen-bond acceptors (Lipinski definition) is 2. The van der Waals surface area contributed by atoms with E-state index in [-0.39, 0.29) is 12.1 Å². The molecular formula is C9H11ClFNO. The summed E-state index contributed by atoms with van der Waals surface area (Å²) in [4.78, 5) is 0. The van der Waals surface area contributed by atoms with E-state index in [1.54, 1.807) is 6.92 Å². The second-order valence-corrected chi connectivity index (χ2v) is 3.23. The van der Waals surface area contributed by atoms with Gasteiger partial charge in [0.25, 0.3) is 0 Å². The third-order valence-electron chi connectivity index (χ3n) is 1.95. The molecule has 1 rings (SSSR count). The third kappa shape index (κ3) is 1.99. The fourth-order valence-corrected chi connectivity index (χ4v) is 1.36. The molecule has 0 spiro atoms. The maximum atomic E-state index is 13.2. The van der Waals surface area contributed by atoms with Crippen LogP contribution in [-0.2, 0) is 0 Å². The molecule has 0 amide bonds. The zero-order valence-electron chi connectivity index (χ0n) is 7.22. The number of hydrogen-bond donors (Lipinski definition) is 2. The zero-order chi connectivity index (χ0) is 10.0. The molecular weight excluding hydrogens is 193 g/mol. The standard InChI is InChI=1S/C9H11ClFNO/c1-5-6(10)2-3-7(11)9(5)8(13)4-12/h2-3,8,13H,4,12H2,1H3. The minimum Gasteiger partial charge on any atom is -0.387 e. The molecule has 4 heteroatoms. The lowest BCUT2D eigenvalue weighted by Crippen LogP contribution is -2.14. The van der Waals surface area contributed by atoms with E-state index < -0.39 is 11.9 Å². The third-order valence-corrected chi connectivity index (χ3v) is 2.36. The number of nitrogens with two attached hydrogens (primary N) is 1. The van der Waals surface area contributed by atoms with Crippen molar-refractivity contribution in [2.24, 2.45) is 5.73 Å². The Hall–Kier alpha value is -0.640. The van der Waals surface area contributed by atoms with E-state index in [2.05, 4.69) is 0 Å². The largest absolute Gasteiger partial charge is 0.387 e. The molecule has 13 heavy (non-hydrogen) atoms. The molecule has 1 unspecified atom stereocenters. The summed E-state index contributed by atoms with van der Waals surface area (Å²) >= 11 is 5.77. The normalized spacial score (nSPS) is 13.0. The van der Waals surface area contributed by atoms with Crippen molar-refractivity contribution in [2.45, 2.75) is 13.0 Å². The summed E-state index contributed by atoms with van der Waals surface area (Å²) in [5.41, 5.74) is 5.96. The van der Waals surface area contributed by atoms with Gasteiger partial charge < -0.3 is 10.8 Å². The van der Waals surface area contributed by atoms with Crippen LogP contribution in [-0.4, -0.2) is 11.7 Å². The van der Waals surface area contributed by atoms with E-state index >= 15 is 0 Å². The molecule has 2 nitrogen and oxygen atoms in total. The first-order valence-corrected chi connectivity index (χ1v) is 4.28. The molecule has 0 bridgehead atoms. The van der Waals surface area contributed by atoms with Gasteiger partial charge in [-0.25, -0.2) is 4.39 Å². The topological polar surface area (TPSA) is 46.2 Å². The van der Waals surface area contributed by atoms with E-state index in [1.165, 1.54) is 12.1 Å². The molecule has 0 aliphatic heterocycles. The highest BCUT2D eigenvalue weighted by Crippen LogP contribution is 2.26. The lowest BCUT2D eigenvalue weighted by Gasteiger charge is -2.13. The minimum absolute atomic E-state index is 0.0158. The predicted molar refractivity (Wildman–Crippen MR) is 50.2 cm³/mol. The first kappa shape index (κ1) is 10.4. The molecule has 0 fully saturated rings. The summed E-state index contributed by atoms with van der Waals surface area (Å²) in [5.74, 6) is -0.472. The Morgan fingerprint density at radius 2 is 2.23 bits per heavy atom. The van der Waals surface area contributed by atoms with Gasteiger partial charge in [0, 0.05) is 17.1 Å². The summed E-state index contributed by atoms with van der Waals surface area (Å²) < 4.78 is 13.2. The van der Waals surface area contributed by atoms with Crippen molar-refractivity contribution in [3.8, 4) is 0 Å². The van der Waals surface area contributed by atoms with Crippen molar-refractivity contribution in [3.05, 3.63) is 34.1 Å². The average molecular weight is 204 g/mol. The van der Waals surface area contributed by atoms with Gasteiger partial charge in [-0.2, -0.15) is 0 Å². The Morgan fingerprint density at radius 1 is 1.62 bits per heavy atom. The van der Waals surface area contributed by atoms with E-state index in [9.17, 15) is 9.50 Å². The summed E-state index contributed by atoms with van der Waals surface area (Å²) in [6.45, 7) is 1.64.